The summed E-state index contributed by atoms with van der Waals surface area (Å²) in [6.07, 6.45) is 0. The average molecular weight is 241 g/mol. The number of benzene rings is 2. The Morgan fingerprint density at radius 1 is 0.778 bits per heavy atom. The van der Waals surface area contributed by atoms with Crippen LogP contribution in [0.1, 0.15) is 0 Å². The SMILES string of the molecule is COc1cccc2c3cccc(OC)c3n(C)c12. The number of ether oxygens (including phenoxy) is 2. The van der Waals surface area contributed by atoms with Gasteiger partial charge in [0, 0.05) is 17.8 Å². The molecule has 0 unspecified atom stereocenters. The summed E-state index contributed by atoms with van der Waals surface area (Å²) in [6, 6.07) is 12.2. The van der Waals surface area contributed by atoms with Crippen molar-refractivity contribution < 1.29 is 9.47 Å². The van der Waals surface area contributed by atoms with E-state index in [0.29, 0.717) is 0 Å². The average Bonchev–Trinajstić information content (AvgIpc) is 2.73. The quantitative estimate of drug-likeness (QED) is 0.687. The summed E-state index contributed by atoms with van der Waals surface area (Å²) in [5.41, 5.74) is 2.19. The van der Waals surface area contributed by atoms with Crippen LogP contribution < -0.4 is 9.47 Å². The summed E-state index contributed by atoms with van der Waals surface area (Å²) in [7, 11) is 5.43. The molecule has 0 N–H and O–H groups in total. The molecule has 3 nitrogen and oxygen atoms in total. The molecule has 0 atom stereocenters. The molecular formula is C15H15NO2. The molecule has 0 saturated carbocycles. The van der Waals surface area contributed by atoms with Crippen LogP contribution >= 0.6 is 0 Å². The van der Waals surface area contributed by atoms with Crippen LogP contribution in [0.5, 0.6) is 11.5 Å². The van der Waals surface area contributed by atoms with Gasteiger partial charge in [0.05, 0.1) is 25.3 Å². The molecule has 0 fully saturated rings. The summed E-state index contributed by atoms with van der Waals surface area (Å²) in [5, 5.41) is 2.37. The van der Waals surface area contributed by atoms with Gasteiger partial charge in [0.1, 0.15) is 11.5 Å². The minimum atomic E-state index is 0.883. The van der Waals surface area contributed by atoms with E-state index < -0.39 is 0 Å². The number of aryl methyl sites for hydroxylation is 1. The third kappa shape index (κ3) is 1.30. The van der Waals surface area contributed by atoms with Gasteiger partial charge in [-0.3, -0.25) is 0 Å². The van der Waals surface area contributed by atoms with E-state index in [1.165, 1.54) is 10.8 Å². The molecule has 0 spiro atoms. The monoisotopic (exact) mass is 241 g/mol. The summed E-state index contributed by atoms with van der Waals surface area (Å²) in [5.74, 6) is 1.77. The normalized spacial score (nSPS) is 11.1. The molecule has 0 aliphatic heterocycles. The van der Waals surface area contributed by atoms with Gasteiger partial charge in [-0.2, -0.15) is 0 Å². The van der Waals surface area contributed by atoms with Crippen LogP contribution in [-0.4, -0.2) is 18.8 Å². The van der Waals surface area contributed by atoms with Crippen LogP contribution in [0.2, 0.25) is 0 Å². The lowest BCUT2D eigenvalue weighted by Crippen LogP contribution is -1.93. The third-order valence-corrected chi connectivity index (χ3v) is 3.40. The number of aromatic nitrogens is 1. The van der Waals surface area contributed by atoms with Crippen molar-refractivity contribution in [2.45, 2.75) is 0 Å². The first-order valence-corrected chi connectivity index (χ1v) is 5.86. The lowest BCUT2D eigenvalue weighted by molar-refractivity contribution is 0.415. The Hall–Kier alpha value is -2.16. The molecule has 1 aromatic heterocycles. The molecule has 3 heteroatoms. The number of rotatable bonds is 2. The zero-order chi connectivity index (χ0) is 12.7. The highest BCUT2D eigenvalue weighted by Gasteiger charge is 2.14. The van der Waals surface area contributed by atoms with Gasteiger partial charge in [-0.15, -0.1) is 0 Å². The largest absolute Gasteiger partial charge is 0.495 e. The molecule has 3 aromatic rings. The molecule has 3 rings (SSSR count). The van der Waals surface area contributed by atoms with Crippen LogP contribution in [0, 0.1) is 0 Å². The predicted octanol–water partition coefficient (Wildman–Crippen LogP) is 3.35. The second-order valence-electron chi connectivity index (χ2n) is 4.27. The van der Waals surface area contributed by atoms with Crippen molar-refractivity contribution in [1.29, 1.82) is 0 Å². The first kappa shape index (κ1) is 11.0. The Kier molecular flexibility index (Phi) is 2.40. The number of methoxy groups -OCH3 is 2. The van der Waals surface area contributed by atoms with E-state index in [2.05, 4.69) is 16.7 Å². The van der Waals surface area contributed by atoms with Crippen molar-refractivity contribution in [2.24, 2.45) is 7.05 Å². The Morgan fingerprint density at radius 2 is 1.22 bits per heavy atom. The fraction of sp³-hybridized carbons (Fsp3) is 0.200. The highest BCUT2D eigenvalue weighted by atomic mass is 16.5. The summed E-state index contributed by atoms with van der Waals surface area (Å²) >= 11 is 0. The predicted molar refractivity (Wildman–Crippen MR) is 73.5 cm³/mol. The minimum absolute atomic E-state index is 0.883. The minimum Gasteiger partial charge on any atom is -0.495 e. The van der Waals surface area contributed by atoms with Crippen LogP contribution in [-0.2, 0) is 7.05 Å². The van der Waals surface area contributed by atoms with Crippen LogP contribution in [0.15, 0.2) is 36.4 Å². The molecule has 0 saturated heterocycles. The van der Waals surface area contributed by atoms with Crippen molar-refractivity contribution in [3.63, 3.8) is 0 Å². The van der Waals surface area contributed by atoms with E-state index in [4.69, 9.17) is 9.47 Å². The highest BCUT2D eigenvalue weighted by molar-refractivity contribution is 6.11. The second kappa shape index (κ2) is 3.95. The van der Waals surface area contributed by atoms with Gasteiger partial charge in [0.15, 0.2) is 0 Å². The standard InChI is InChI=1S/C15H15NO2/c1-16-14-10(6-4-8-12(14)17-2)11-7-5-9-13(18-3)15(11)16/h4-9H,1-3H3. The Bertz CT molecular complexity index is 667. The zero-order valence-electron chi connectivity index (χ0n) is 10.7. The van der Waals surface area contributed by atoms with E-state index in [-0.39, 0.29) is 0 Å². The summed E-state index contributed by atoms with van der Waals surface area (Å²) < 4.78 is 13.0. The first-order chi connectivity index (χ1) is 8.77. The summed E-state index contributed by atoms with van der Waals surface area (Å²) in [6.45, 7) is 0. The van der Waals surface area contributed by atoms with E-state index in [0.717, 1.165) is 22.5 Å². The molecule has 0 amide bonds. The third-order valence-electron chi connectivity index (χ3n) is 3.40. The maximum absolute atomic E-state index is 5.45. The van der Waals surface area contributed by atoms with E-state index in [1.54, 1.807) is 14.2 Å². The second-order valence-corrected chi connectivity index (χ2v) is 4.27. The molecule has 0 aliphatic carbocycles. The molecular weight excluding hydrogens is 226 g/mol. The Labute approximate surface area is 106 Å². The lowest BCUT2D eigenvalue weighted by Gasteiger charge is -2.06. The molecule has 0 radical (unpaired) electrons. The van der Waals surface area contributed by atoms with Crippen molar-refractivity contribution in [2.75, 3.05) is 14.2 Å². The Balaban J connectivity index is 2.58. The van der Waals surface area contributed by atoms with Gasteiger partial charge < -0.3 is 14.0 Å². The number of hydrogen-bond acceptors (Lipinski definition) is 2. The van der Waals surface area contributed by atoms with Crippen molar-refractivity contribution >= 4 is 21.8 Å². The van der Waals surface area contributed by atoms with Crippen LogP contribution in [0.4, 0.5) is 0 Å². The van der Waals surface area contributed by atoms with Gasteiger partial charge >= 0.3 is 0 Å². The molecule has 92 valence electrons. The maximum Gasteiger partial charge on any atom is 0.143 e. The smallest absolute Gasteiger partial charge is 0.143 e. The van der Waals surface area contributed by atoms with Crippen molar-refractivity contribution in [3.8, 4) is 11.5 Å². The van der Waals surface area contributed by atoms with Gasteiger partial charge in [-0.25, -0.2) is 0 Å². The molecule has 1 heterocycles. The number of para-hydroxylation sites is 2. The van der Waals surface area contributed by atoms with E-state index in [9.17, 15) is 0 Å². The van der Waals surface area contributed by atoms with Gasteiger partial charge in [-0.05, 0) is 12.1 Å². The number of fused-ring (bicyclic) bond motifs is 3. The van der Waals surface area contributed by atoms with Crippen LogP contribution in [0.25, 0.3) is 21.8 Å². The van der Waals surface area contributed by atoms with E-state index in [1.807, 2.05) is 31.3 Å². The first-order valence-electron chi connectivity index (χ1n) is 5.86. The van der Waals surface area contributed by atoms with Gasteiger partial charge in [0.2, 0.25) is 0 Å². The van der Waals surface area contributed by atoms with Crippen LogP contribution in [0.3, 0.4) is 0 Å². The summed E-state index contributed by atoms with van der Waals surface area (Å²) in [4.78, 5) is 0. The fourth-order valence-corrected chi connectivity index (χ4v) is 2.61. The maximum atomic E-state index is 5.45. The Morgan fingerprint density at radius 3 is 1.61 bits per heavy atom. The molecule has 2 aromatic carbocycles. The van der Waals surface area contributed by atoms with Crippen molar-refractivity contribution in [1.82, 2.24) is 4.57 Å². The fourth-order valence-electron chi connectivity index (χ4n) is 2.61. The molecule has 0 aliphatic rings. The topological polar surface area (TPSA) is 23.4 Å². The zero-order valence-corrected chi connectivity index (χ0v) is 10.7. The molecule has 0 bridgehead atoms. The van der Waals surface area contributed by atoms with E-state index >= 15 is 0 Å². The number of hydrogen-bond donors (Lipinski definition) is 0. The number of nitrogens with zero attached hydrogens (tertiary/aromatic N) is 1. The highest BCUT2D eigenvalue weighted by Crippen LogP contribution is 2.37. The lowest BCUT2D eigenvalue weighted by atomic mass is 10.1. The van der Waals surface area contributed by atoms with Crippen molar-refractivity contribution in [3.05, 3.63) is 36.4 Å². The van der Waals surface area contributed by atoms with Gasteiger partial charge in [0.25, 0.3) is 0 Å². The molecule has 18 heavy (non-hydrogen) atoms. The van der Waals surface area contributed by atoms with Gasteiger partial charge in [-0.1, -0.05) is 24.3 Å².